The van der Waals surface area contributed by atoms with Crippen LogP contribution < -0.4 is 0 Å². The van der Waals surface area contributed by atoms with Crippen LogP contribution in [0.1, 0.15) is 38.5 Å². The van der Waals surface area contributed by atoms with E-state index in [1.807, 2.05) is 0 Å². The van der Waals surface area contributed by atoms with Gasteiger partial charge in [-0.25, -0.2) is 9.59 Å². The molecule has 1 aliphatic rings. The Labute approximate surface area is 88.7 Å². The third-order valence-corrected chi connectivity index (χ3v) is 2.15. The van der Waals surface area contributed by atoms with Gasteiger partial charge in [0, 0.05) is 0 Å². The summed E-state index contributed by atoms with van der Waals surface area (Å²) in [7, 11) is 0. The highest BCUT2D eigenvalue weighted by Gasteiger charge is 2.12. The van der Waals surface area contributed by atoms with Crippen LogP contribution in [-0.4, -0.2) is 25.5 Å². The van der Waals surface area contributed by atoms with Crippen LogP contribution in [0.3, 0.4) is 0 Å². The molecule has 0 spiro atoms. The molecule has 1 aliphatic heterocycles. The van der Waals surface area contributed by atoms with Gasteiger partial charge < -0.3 is 14.2 Å². The third kappa shape index (κ3) is 5.93. The van der Waals surface area contributed by atoms with Crippen molar-refractivity contribution < 1.29 is 23.8 Å². The molecule has 0 saturated carbocycles. The van der Waals surface area contributed by atoms with Gasteiger partial charge in [-0.2, -0.15) is 0 Å². The fourth-order valence-electron chi connectivity index (χ4n) is 1.35. The van der Waals surface area contributed by atoms with Crippen molar-refractivity contribution in [1.29, 1.82) is 0 Å². The number of hydrogen-bond donors (Lipinski definition) is 0. The topological polar surface area (TPSA) is 61.8 Å². The van der Waals surface area contributed by atoms with Crippen molar-refractivity contribution in [2.75, 3.05) is 13.2 Å². The summed E-state index contributed by atoms with van der Waals surface area (Å²) >= 11 is 0. The highest BCUT2D eigenvalue weighted by atomic mass is 16.8. The Hall–Kier alpha value is -1.26. The number of rotatable bonds is 0. The minimum atomic E-state index is -0.973. The molecule has 1 fully saturated rings. The second-order valence-electron chi connectivity index (χ2n) is 3.42. The van der Waals surface area contributed by atoms with E-state index in [1.54, 1.807) is 0 Å². The van der Waals surface area contributed by atoms with Gasteiger partial charge >= 0.3 is 12.3 Å². The number of carbonyl (C=O) groups excluding carboxylic acids is 2. The molecule has 1 saturated heterocycles. The SMILES string of the molecule is O=C1OCCCCCCCCOC(=O)O1. The monoisotopic (exact) mass is 216 g/mol. The maximum absolute atomic E-state index is 10.9. The van der Waals surface area contributed by atoms with E-state index in [-0.39, 0.29) is 0 Å². The Morgan fingerprint density at radius 3 is 1.53 bits per heavy atom. The van der Waals surface area contributed by atoms with E-state index in [0.717, 1.165) is 38.5 Å². The van der Waals surface area contributed by atoms with Gasteiger partial charge in [0.05, 0.1) is 13.2 Å². The minimum absolute atomic E-state index is 0.298. The maximum atomic E-state index is 10.9. The molecule has 1 rings (SSSR count). The van der Waals surface area contributed by atoms with E-state index in [9.17, 15) is 9.59 Å². The van der Waals surface area contributed by atoms with E-state index < -0.39 is 12.3 Å². The average molecular weight is 216 g/mol. The Morgan fingerprint density at radius 2 is 1.07 bits per heavy atom. The summed E-state index contributed by atoms with van der Waals surface area (Å²) in [6, 6.07) is 0. The smallest absolute Gasteiger partial charge is 0.434 e. The van der Waals surface area contributed by atoms with Crippen molar-refractivity contribution in [1.82, 2.24) is 0 Å². The standard InChI is InChI=1S/C10H16O5/c11-9-13-7-5-3-1-2-4-6-8-14-10(12)15-9/h1-8H2. The summed E-state index contributed by atoms with van der Waals surface area (Å²) in [6.07, 6.45) is 3.97. The van der Waals surface area contributed by atoms with Gasteiger partial charge in [0.25, 0.3) is 0 Å². The number of carbonyl (C=O) groups is 2. The zero-order chi connectivity index (χ0) is 10.9. The molecule has 0 unspecified atom stereocenters. The molecule has 0 bridgehead atoms. The Balaban J connectivity index is 2.29. The van der Waals surface area contributed by atoms with Crippen LogP contribution in [0.4, 0.5) is 9.59 Å². The zero-order valence-electron chi connectivity index (χ0n) is 8.70. The van der Waals surface area contributed by atoms with E-state index in [1.165, 1.54) is 0 Å². The predicted molar refractivity (Wildman–Crippen MR) is 51.5 cm³/mol. The highest BCUT2D eigenvalue weighted by molar-refractivity contribution is 5.76. The van der Waals surface area contributed by atoms with Gasteiger partial charge in [0.1, 0.15) is 0 Å². The minimum Gasteiger partial charge on any atom is -0.434 e. The molecule has 15 heavy (non-hydrogen) atoms. The van der Waals surface area contributed by atoms with Crippen molar-refractivity contribution >= 4 is 12.3 Å². The van der Waals surface area contributed by atoms with Crippen LogP contribution in [-0.2, 0) is 14.2 Å². The molecule has 5 heteroatoms. The molecule has 1 heterocycles. The van der Waals surface area contributed by atoms with Crippen LogP contribution in [0.15, 0.2) is 0 Å². The molecule has 0 aromatic rings. The zero-order valence-corrected chi connectivity index (χ0v) is 8.70. The Bertz CT molecular complexity index is 192. The summed E-state index contributed by atoms with van der Waals surface area (Å²) in [6.45, 7) is 0.595. The summed E-state index contributed by atoms with van der Waals surface area (Å²) in [5.41, 5.74) is 0. The lowest BCUT2D eigenvalue weighted by Crippen LogP contribution is -2.15. The first kappa shape index (κ1) is 11.8. The largest absolute Gasteiger partial charge is 0.518 e. The molecule has 0 amide bonds. The molecule has 0 aromatic carbocycles. The van der Waals surface area contributed by atoms with Crippen molar-refractivity contribution in [2.45, 2.75) is 38.5 Å². The fourth-order valence-corrected chi connectivity index (χ4v) is 1.35. The molecular formula is C10H16O5. The predicted octanol–water partition coefficient (Wildman–Crippen LogP) is 2.63. The average Bonchev–Trinajstić information content (AvgIpc) is 2.21. The van der Waals surface area contributed by atoms with Crippen LogP contribution in [0.25, 0.3) is 0 Å². The van der Waals surface area contributed by atoms with Crippen molar-refractivity contribution in [3.05, 3.63) is 0 Å². The van der Waals surface area contributed by atoms with Crippen LogP contribution in [0.5, 0.6) is 0 Å². The molecule has 5 nitrogen and oxygen atoms in total. The molecule has 86 valence electrons. The Morgan fingerprint density at radius 1 is 0.667 bits per heavy atom. The second-order valence-corrected chi connectivity index (χ2v) is 3.42. The molecular weight excluding hydrogens is 200 g/mol. The normalized spacial score (nSPS) is 21.1. The van der Waals surface area contributed by atoms with Crippen molar-refractivity contribution in [3.8, 4) is 0 Å². The summed E-state index contributed by atoms with van der Waals surface area (Å²) in [5.74, 6) is 0. The third-order valence-electron chi connectivity index (χ3n) is 2.15. The van der Waals surface area contributed by atoms with Gasteiger partial charge in [-0.05, 0) is 12.8 Å². The lowest BCUT2D eigenvalue weighted by Gasteiger charge is -2.04. The first-order valence-electron chi connectivity index (χ1n) is 5.30. The van der Waals surface area contributed by atoms with E-state index in [2.05, 4.69) is 14.2 Å². The highest BCUT2D eigenvalue weighted by Crippen LogP contribution is 2.07. The Kier molecular flexibility index (Phi) is 5.58. The lowest BCUT2D eigenvalue weighted by molar-refractivity contribution is 0.0360. The van der Waals surface area contributed by atoms with Crippen LogP contribution in [0.2, 0.25) is 0 Å². The van der Waals surface area contributed by atoms with Gasteiger partial charge in [-0.3, -0.25) is 0 Å². The maximum Gasteiger partial charge on any atom is 0.518 e. The number of cyclic esters (lactones) is 4. The van der Waals surface area contributed by atoms with E-state index in [0.29, 0.717) is 13.2 Å². The summed E-state index contributed by atoms with van der Waals surface area (Å²) < 4.78 is 13.6. The molecule has 0 aromatic heterocycles. The van der Waals surface area contributed by atoms with Crippen LogP contribution >= 0.6 is 0 Å². The molecule has 0 aliphatic carbocycles. The molecule has 0 radical (unpaired) electrons. The van der Waals surface area contributed by atoms with Gasteiger partial charge in [0.2, 0.25) is 0 Å². The van der Waals surface area contributed by atoms with Gasteiger partial charge in [-0.1, -0.05) is 25.7 Å². The lowest BCUT2D eigenvalue weighted by atomic mass is 10.1. The first-order valence-corrected chi connectivity index (χ1v) is 5.30. The number of ether oxygens (including phenoxy) is 3. The fraction of sp³-hybridized carbons (Fsp3) is 0.800. The first-order chi connectivity index (χ1) is 7.29. The number of hydrogen-bond acceptors (Lipinski definition) is 5. The van der Waals surface area contributed by atoms with E-state index >= 15 is 0 Å². The van der Waals surface area contributed by atoms with Crippen molar-refractivity contribution in [3.63, 3.8) is 0 Å². The van der Waals surface area contributed by atoms with Crippen LogP contribution in [0, 0.1) is 0 Å². The van der Waals surface area contributed by atoms with E-state index in [4.69, 9.17) is 0 Å². The molecule has 0 N–H and O–H groups in total. The van der Waals surface area contributed by atoms with Crippen molar-refractivity contribution in [2.24, 2.45) is 0 Å². The summed E-state index contributed by atoms with van der Waals surface area (Å²) in [4.78, 5) is 21.7. The second kappa shape index (κ2) is 7.09. The quantitative estimate of drug-likeness (QED) is 0.460. The van der Waals surface area contributed by atoms with Gasteiger partial charge in [0.15, 0.2) is 0 Å². The molecule has 0 atom stereocenters. The summed E-state index contributed by atoms with van der Waals surface area (Å²) in [5, 5.41) is 0. The van der Waals surface area contributed by atoms with Gasteiger partial charge in [-0.15, -0.1) is 0 Å².